The molecule has 2 nitrogen and oxygen atoms in total. The van der Waals surface area contributed by atoms with Crippen molar-refractivity contribution in [1.29, 1.82) is 0 Å². The number of hydrogen-bond acceptors (Lipinski definition) is 2. The van der Waals surface area contributed by atoms with Gasteiger partial charge in [-0.05, 0) is 31.0 Å². The lowest BCUT2D eigenvalue weighted by Gasteiger charge is -2.35. The van der Waals surface area contributed by atoms with Gasteiger partial charge in [-0.25, -0.2) is 0 Å². The number of benzene rings is 1. The highest BCUT2D eigenvalue weighted by Crippen LogP contribution is 2.30. The number of halogens is 4. The van der Waals surface area contributed by atoms with Crippen molar-refractivity contribution in [2.24, 2.45) is 5.73 Å². The van der Waals surface area contributed by atoms with Crippen LogP contribution in [0.25, 0.3) is 0 Å². The Kier molecular flexibility index (Phi) is 6.30. The van der Waals surface area contributed by atoms with Crippen LogP contribution in [0, 0.1) is 0 Å². The predicted octanol–water partition coefficient (Wildman–Crippen LogP) is 3.44. The molecule has 0 saturated carbocycles. The second-order valence-electron chi connectivity index (χ2n) is 5.05. The summed E-state index contributed by atoms with van der Waals surface area (Å²) in [6.45, 7) is 2.03. The van der Waals surface area contributed by atoms with Crippen LogP contribution in [0.1, 0.15) is 30.4 Å². The van der Waals surface area contributed by atoms with Gasteiger partial charge in [-0.3, -0.25) is 4.90 Å². The smallest absolute Gasteiger partial charge is 0.329 e. The Bertz CT molecular complexity index is 423. The van der Waals surface area contributed by atoms with E-state index in [-0.39, 0.29) is 12.4 Å². The molecule has 1 unspecified atom stereocenters. The van der Waals surface area contributed by atoms with E-state index in [1.54, 1.807) is 6.07 Å². The molecule has 1 aliphatic rings. The average molecular weight is 309 g/mol. The van der Waals surface area contributed by atoms with Crippen LogP contribution in [0.2, 0.25) is 0 Å². The Morgan fingerprint density at radius 3 is 2.65 bits per heavy atom. The third-order valence-corrected chi connectivity index (χ3v) is 3.66. The highest BCUT2D eigenvalue weighted by atomic mass is 35.5. The number of likely N-dealkylation sites (tertiary alicyclic amines) is 1. The summed E-state index contributed by atoms with van der Waals surface area (Å²) in [6, 6.07) is 5.86. The fourth-order valence-electron chi connectivity index (χ4n) is 2.62. The topological polar surface area (TPSA) is 29.3 Å². The Labute approximate surface area is 123 Å². The van der Waals surface area contributed by atoms with E-state index < -0.39 is 11.7 Å². The molecule has 1 aliphatic heterocycles. The predicted molar refractivity (Wildman–Crippen MR) is 75.8 cm³/mol. The van der Waals surface area contributed by atoms with Crippen molar-refractivity contribution in [3.8, 4) is 0 Å². The van der Waals surface area contributed by atoms with Crippen LogP contribution in [0.5, 0.6) is 0 Å². The van der Waals surface area contributed by atoms with Gasteiger partial charge in [-0.1, -0.05) is 24.6 Å². The van der Waals surface area contributed by atoms with Crippen molar-refractivity contribution in [3.05, 3.63) is 35.4 Å². The highest BCUT2D eigenvalue weighted by Gasteiger charge is 2.30. The van der Waals surface area contributed by atoms with Crippen LogP contribution in [-0.2, 0) is 12.7 Å². The van der Waals surface area contributed by atoms with Gasteiger partial charge in [0, 0.05) is 19.1 Å². The first-order valence-corrected chi connectivity index (χ1v) is 6.61. The summed E-state index contributed by atoms with van der Waals surface area (Å²) in [5.41, 5.74) is 5.85. The third-order valence-electron chi connectivity index (χ3n) is 3.66. The first kappa shape index (κ1) is 17.3. The minimum atomic E-state index is -4.27. The van der Waals surface area contributed by atoms with Crippen LogP contribution in [0.3, 0.4) is 0 Å². The molecule has 0 spiro atoms. The van der Waals surface area contributed by atoms with Gasteiger partial charge in [-0.15, -0.1) is 12.4 Å². The molecule has 2 rings (SSSR count). The zero-order chi connectivity index (χ0) is 13.9. The highest BCUT2D eigenvalue weighted by molar-refractivity contribution is 5.85. The second-order valence-corrected chi connectivity index (χ2v) is 5.05. The molecule has 1 aromatic rings. The number of nitrogens with zero attached hydrogens (tertiary/aromatic N) is 1. The van der Waals surface area contributed by atoms with Crippen LogP contribution >= 0.6 is 12.4 Å². The van der Waals surface area contributed by atoms with Gasteiger partial charge in [-0.2, -0.15) is 13.2 Å². The maximum absolute atomic E-state index is 12.7. The molecule has 1 heterocycles. The molecule has 1 atom stereocenters. The first-order valence-electron chi connectivity index (χ1n) is 6.61. The Hall–Kier alpha value is -0.780. The Morgan fingerprint density at radius 1 is 1.25 bits per heavy atom. The summed E-state index contributed by atoms with van der Waals surface area (Å²) >= 11 is 0. The molecule has 1 aromatic carbocycles. The fourth-order valence-corrected chi connectivity index (χ4v) is 2.62. The molecule has 0 aliphatic carbocycles. The SMILES string of the molecule is Cl.NCC1CCCCN1Cc1cccc(C(F)(F)F)c1. The molecule has 6 heteroatoms. The molecule has 0 bridgehead atoms. The monoisotopic (exact) mass is 308 g/mol. The van der Waals surface area contributed by atoms with Crippen LogP contribution in [0.15, 0.2) is 24.3 Å². The van der Waals surface area contributed by atoms with E-state index in [9.17, 15) is 13.2 Å². The molecule has 0 aromatic heterocycles. The molecule has 0 radical (unpaired) electrons. The van der Waals surface area contributed by atoms with Crippen LogP contribution < -0.4 is 5.73 Å². The maximum Gasteiger partial charge on any atom is 0.416 e. The minimum Gasteiger partial charge on any atom is -0.329 e. The van der Waals surface area contributed by atoms with E-state index in [1.165, 1.54) is 12.1 Å². The summed E-state index contributed by atoms with van der Waals surface area (Å²) < 4.78 is 38.0. The summed E-state index contributed by atoms with van der Waals surface area (Å²) in [7, 11) is 0. The van der Waals surface area contributed by atoms with E-state index >= 15 is 0 Å². The number of piperidine rings is 1. The molecular formula is C14H20ClF3N2. The van der Waals surface area contributed by atoms with Crippen molar-refractivity contribution in [3.63, 3.8) is 0 Å². The minimum absolute atomic E-state index is 0. The van der Waals surface area contributed by atoms with E-state index in [1.807, 2.05) is 0 Å². The van der Waals surface area contributed by atoms with Crippen molar-refractivity contribution >= 4 is 12.4 Å². The molecule has 20 heavy (non-hydrogen) atoms. The summed E-state index contributed by atoms with van der Waals surface area (Å²) in [5, 5.41) is 0. The number of hydrogen-bond donors (Lipinski definition) is 1. The Morgan fingerprint density at radius 2 is 2.00 bits per heavy atom. The van der Waals surface area contributed by atoms with Gasteiger partial charge >= 0.3 is 6.18 Å². The zero-order valence-corrected chi connectivity index (χ0v) is 12.0. The van der Waals surface area contributed by atoms with Gasteiger partial charge in [0.15, 0.2) is 0 Å². The number of nitrogens with two attached hydrogens (primary N) is 1. The van der Waals surface area contributed by atoms with Crippen LogP contribution in [-0.4, -0.2) is 24.0 Å². The van der Waals surface area contributed by atoms with Crippen molar-refractivity contribution in [2.45, 2.75) is 38.0 Å². The lowest BCUT2D eigenvalue weighted by Crippen LogP contribution is -2.43. The number of alkyl halides is 3. The number of rotatable bonds is 3. The van der Waals surface area contributed by atoms with E-state index in [4.69, 9.17) is 5.73 Å². The van der Waals surface area contributed by atoms with E-state index in [0.717, 1.165) is 31.9 Å². The van der Waals surface area contributed by atoms with Gasteiger partial charge in [0.25, 0.3) is 0 Å². The standard InChI is InChI=1S/C14H19F3N2.ClH/c15-14(16,17)12-5-3-4-11(8-12)10-19-7-2-1-6-13(19)9-18;/h3-5,8,13H,1-2,6-7,9-10,18H2;1H. The largest absolute Gasteiger partial charge is 0.416 e. The second kappa shape index (κ2) is 7.29. The molecular weight excluding hydrogens is 289 g/mol. The summed E-state index contributed by atoms with van der Waals surface area (Å²) in [6.07, 6.45) is -0.989. The molecule has 1 fully saturated rings. The molecule has 1 saturated heterocycles. The third kappa shape index (κ3) is 4.36. The van der Waals surface area contributed by atoms with Gasteiger partial charge < -0.3 is 5.73 Å². The van der Waals surface area contributed by atoms with Gasteiger partial charge in [0.05, 0.1) is 5.56 Å². The maximum atomic E-state index is 12.7. The van der Waals surface area contributed by atoms with Crippen molar-refractivity contribution in [1.82, 2.24) is 4.90 Å². The van der Waals surface area contributed by atoms with Crippen molar-refractivity contribution in [2.75, 3.05) is 13.1 Å². The molecule has 0 amide bonds. The zero-order valence-electron chi connectivity index (χ0n) is 11.2. The Balaban J connectivity index is 0.00000200. The quantitative estimate of drug-likeness (QED) is 0.927. The van der Waals surface area contributed by atoms with Gasteiger partial charge in [0.2, 0.25) is 0 Å². The summed E-state index contributed by atoms with van der Waals surface area (Å²) in [4.78, 5) is 2.19. The molecule has 114 valence electrons. The lowest BCUT2D eigenvalue weighted by molar-refractivity contribution is -0.137. The van der Waals surface area contributed by atoms with Crippen molar-refractivity contribution < 1.29 is 13.2 Å². The fraction of sp³-hybridized carbons (Fsp3) is 0.571. The normalized spacial score (nSPS) is 20.5. The van der Waals surface area contributed by atoms with Crippen LogP contribution in [0.4, 0.5) is 13.2 Å². The lowest BCUT2D eigenvalue weighted by atomic mass is 10.0. The van der Waals surface area contributed by atoms with E-state index in [2.05, 4.69) is 4.90 Å². The van der Waals surface area contributed by atoms with Gasteiger partial charge in [0.1, 0.15) is 0 Å². The average Bonchev–Trinajstić information content (AvgIpc) is 2.39. The van der Waals surface area contributed by atoms with E-state index in [0.29, 0.717) is 24.7 Å². The molecule has 2 N–H and O–H groups in total. The summed E-state index contributed by atoms with van der Waals surface area (Å²) in [5.74, 6) is 0. The first-order chi connectivity index (χ1) is 9.00.